The number of benzene rings is 1. The SMILES string of the molecule is O=c1[nH]c2ccc(C(O)CS)cc2o1. The van der Waals surface area contributed by atoms with E-state index in [1.54, 1.807) is 18.2 Å². The third kappa shape index (κ3) is 1.56. The van der Waals surface area contributed by atoms with Crippen LogP contribution < -0.4 is 5.76 Å². The molecule has 0 saturated carbocycles. The molecule has 2 aromatic rings. The van der Waals surface area contributed by atoms with Crippen LogP contribution in [0.4, 0.5) is 0 Å². The van der Waals surface area contributed by atoms with Gasteiger partial charge >= 0.3 is 5.76 Å². The van der Waals surface area contributed by atoms with Crippen molar-refractivity contribution in [2.24, 2.45) is 0 Å². The second-order valence-corrected chi connectivity index (χ2v) is 3.33. The molecule has 0 aliphatic rings. The molecule has 5 heteroatoms. The minimum absolute atomic E-state index is 0.333. The fourth-order valence-electron chi connectivity index (χ4n) is 1.27. The fourth-order valence-corrected chi connectivity index (χ4v) is 1.49. The Morgan fingerprint density at radius 3 is 3.07 bits per heavy atom. The lowest BCUT2D eigenvalue weighted by Gasteiger charge is -2.05. The van der Waals surface area contributed by atoms with E-state index < -0.39 is 11.9 Å². The average Bonchev–Trinajstić information content (AvgIpc) is 2.55. The summed E-state index contributed by atoms with van der Waals surface area (Å²) < 4.78 is 4.86. The van der Waals surface area contributed by atoms with Gasteiger partial charge in [-0.15, -0.1) is 0 Å². The Morgan fingerprint density at radius 2 is 2.36 bits per heavy atom. The number of hydrogen-bond donors (Lipinski definition) is 3. The van der Waals surface area contributed by atoms with Gasteiger partial charge in [-0.25, -0.2) is 4.79 Å². The summed E-state index contributed by atoms with van der Waals surface area (Å²) in [5.74, 6) is -0.155. The predicted octanol–water partition coefficient (Wildman–Crippen LogP) is 1.08. The van der Waals surface area contributed by atoms with Crippen LogP contribution in [0.25, 0.3) is 11.1 Å². The maximum Gasteiger partial charge on any atom is 0.417 e. The first-order chi connectivity index (χ1) is 6.70. The summed E-state index contributed by atoms with van der Waals surface area (Å²) in [7, 11) is 0. The number of oxazole rings is 1. The molecule has 74 valence electrons. The Morgan fingerprint density at radius 1 is 1.57 bits per heavy atom. The Kier molecular flexibility index (Phi) is 2.35. The maximum absolute atomic E-state index is 10.8. The van der Waals surface area contributed by atoms with Crippen LogP contribution in [0.1, 0.15) is 11.7 Å². The van der Waals surface area contributed by atoms with Gasteiger partial charge in [0, 0.05) is 5.75 Å². The van der Waals surface area contributed by atoms with Gasteiger partial charge in [0.1, 0.15) is 0 Å². The van der Waals surface area contributed by atoms with Gasteiger partial charge < -0.3 is 9.52 Å². The normalized spacial score (nSPS) is 13.3. The van der Waals surface area contributed by atoms with E-state index in [4.69, 9.17) is 4.42 Å². The number of aromatic amines is 1. The molecular formula is C9H9NO3S. The van der Waals surface area contributed by atoms with Crippen molar-refractivity contribution >= 4 is 23.7 Å². The molecule has 0 spiro atoms. The number of rotatable bonds is 2. The lowest BCUT2D eigenvalue weighted by Crippen LogP contribution is -1.97. The zero-order chi connectivity index (χ0) is 10.1. The van der Waals surface area contributed by atoms with Crippen LogP contribution in [0.3, 0.4) is 0 Å². The van der Waals surface area contributed by atoms with Crippen molar-refractivity contribution in [1.82, 2.24) is 4.98 Å². The molecule has 1 unspecified atom stereocenters. The monoisotopic (exact) mass is 211 g/mol. The quantitative estimate of drug-likeness (QED) is 0.651. The molecule has 1 aromatic carbocycles. The molecule has 2 rings (SSSR count). The molecule has 0 amide bonds. The Bertz CT molecular complexity index is 502. The Hall–Kier alpha value is -1.20. The molecule has 4 nitrogen and oxygen atoms in total. The predicted molar refractivity (Wildman–Crippen MR) is 55.6 cm³/mol. The summed E-state index contributed by atoms with van der Waals surface area (Å²) in [6, 6.07) is 5.06. The molecule has 0 aliphatic carbocycles. The molecule has 0 aliphatic heterocycles. The zero-order valence-electron chi connectivity index (χ0n) is 7.23. The van der Waals surface area contributed by atoms with Crippen molar-refractivity contribution < 1.29 is 9.52 Å². The van der Waals surface area contributed by atoms with Gasteiger partial charge in [0.25, 0.3) is 0 Å². The second kappa shape index (κ2) is 3.51. The van der Waals surface area contributed by atoms with E-state index in [9.17, 15) is 9.90 Å². The molecule has 1 heterocycles. The highest BCUT2D eigenvalue weighted by Crippen LogP contribution is 2.18. The number of H-pyrrole nitrogens is 1. The zero-order valence-corrected chi connectivity index (χ0v) is 8.12. The topological polar surface area (TPSA) is 66.2 Å². The van der Waals surface area contributed by atoms with Crippen LogP contribution in [0.2, 0.25) is 0 Å². The molecule has 0 radical (unpaired) electrons. The first kappa shape index (κ1) is 9.36. The van der Waals surface area contributed by atoms with Crippen LogP contribution in [-0.2, 0) is 0 Å². The standard InChI is InChI=1S/C9H9NO3S/c11-7(4-14)5-1-2-6-8(3-5)13-9(12)10-6/h1-3,7,11,14H,4H2,(H,10,12). The number of fused-ring (bicyclic) bond motifs is 1. The van der Waals surface area contributed by atoms with Gasteiger partial charge in [-0.3, -0.25) is 4.98 Å². The fraction of sp³-hybridized carbons (Fsp3) is 0.222. The van der Waals surface area contributed by atoms with Crippen molar-refractivity contribution in [2.75, 3.05) is 5.75 Å². The number of nitrogens with one attached hydrogen (secondary N) is 1. The third-order valence-electron chi connectivity index (χ3n) is 2.00. The van der Waals surface area contributed by atoms with Crippen LogP contribution in [-0.4, -0.2) is 15.8 Å². The van der Waals surface area contributed by atoms with Crippen molar-refractivity contribution in [1.29, 1.82) is 0 Å². The van der Waals surface area contributed by atoms with E-state index in [1.165, 1.54) is 0 Å². The van der Waals surface area contributed by atoms with Crippen LogP contribution in [0.5, 0.6) is 0 Å². The van der Waals surface area contributed by atoms with E-state index >= 15 is 0 Å². The smallest absolute Gasteiger partial charge is 0.408 e. The summed E-state index contributed by atoms with van der Waals surface area (Å²) >= 11 is 3.98. The van der Waals surface area contributed by atoms with E-state index in [2.05, 4.69) is 17.6 Å². The summed E-state index contributed by atoms with van der Waals surface area (Å²) in [5.41, 5.74) is 1.77. The van der Waals surface area contributed by atoms with Gasteiger partial charge in [-0.05, 0) is 17.7 Å². The molecule has 0 bridgehead atoms. The van der Waals surface area contributed by atoms with Crippen LogP contribution >= 0.6 is 12.6 Å². The van der Waals surface area contributed by atoms with Gasteiger partial charge in [0.2, 0.25) is 0 Å². The molecule has 0 fully saturated rings. The van der Waals surface area contributed by atoms with E-state index in [0.29, 0.717) is 22.4 Å². The molecule has 14 heavy (non-hydrogen) atoms. The maximum atomic E-state index is 10.8. The first-order valence-electron chi connectivity index (χ1n) is 4.12. The average molecular weight is 211 g/mol. The van der Waals surface area contributed by atoms with E-state index in [1.807, 2.05) is 0 Å². The highest BCUT2D eigenvalue weighted by atomic mass is 32.1. The lowest BCUT2D eigenvalue weighted by atomic mass is 10.1. The number of aliphatic hydroxyl groups is 1. The van der Waals surface area contributed by atoms with Gasteiger partial charge in [-0.2, -0.15) is 12.6 Å². The summed E-state index contributed by atoms with van der Waals surface area (Å²) in [6.45, 7) is 0. The van der Waals surface area contributed by atoms with Gasteiger partial charge in [0.15, 0.2) is 5.58 Å². The summed E-state index contributed by atoms with van der Waals surface area (Å²) in [5, 5.41) is 9.49. The highest BCUT2D eigenvalue weighted by molar-refractivity contribution is 7.80. The van der Waals surface area contributed by atoms with E-state index in [0.717, 1.165) is 0 Å². The second-order valence-electron chi connectivity index (χ2n) is 2.97. The Balaban J connectivity index is 2.55. The van der Waals surface area contributed by atoms with Crippen LogP contribution in [0.15, 0.2) is 27.4 Å². The van der Waals surface area contributed by atoms with Crippen molar-refractivity contribution in [3.05, 3.63) is 34.3 Å². The third-order valence-corrected chi connectivity index (χ3v) is 2.35. The molecule has 2 N–H and O–H groups in total. The lowest BCUT2D eigenvalue weighted by molar-refractivity contribution is 0.204. The highest BCUT2D eigenvalue weighted by Gasteiger charge is 2.07. The molecule has 1 aromatic heterocycles. The van der Waals surface area contributed by atoms with Gasteiger partial charge in [-0.1, -0.05) is 6.07 Å². The van der Waals surface area contributed by atoms with Crippen molar-refractivity contribution in [3.63, 3.8) is 0 Å². The largest absolute Gasteiger partial charge is 0.417 e. The van der Waals surface area contributed by atoms with Crippen LogP contribution in [0, 0.1) is 0 Å². The van der Waals surface area contributed by atoms with Gasteiger partial charge in [0.05, 0.1) is 11.6 Å². The minimum atomic E-state index is -0.636. The number of hydrogen-bond acceptors (Lipinski definition) is 4. The number of thiol groups is 1. The van der Waals surface area contributed by atoms with E-state index in [-0.39, 0.29) is 0 Å². The summed E-state index contributed by atoms with van der Waals surface area (Å²) in [6.07, 6.45) is -0.636. The van der Waals surface area contributed by atoms with Crippen molar-refractivity contribution in [2.45, 2.75) is 6.10 Å². The first-order valence-corrected chi connectivity index (χ1v) is 4.75. The number of aromatic nitrogens is 1. The Labute approximate surface area is 85.0 Å². The molecule has 0 saturated heterocycles. The molecular weight excluding hydrogens is 202 g/mol. The minimum Gasteiger partial charge on any atom is -0.408 e. The number of aliphatic hydroxyl groups excluding tert-OH is 1. The van der Waals surface area contributed by atoms with Crippen molar-refractivity contribution in [3.8, 4) is 0 Å². The summed E-state index contributed by atoms with van der Waals surface area (Å²) in [4.78, 5) is 13.4. The molecule has 1 atom stereocenters.